The summed E-state index contributed by atoms with van der Waals surface area (Å²) in [6.45, 7) is 1.80. The molecule has 0 aliphatic carbocycles. The number of ether oxygens (including phenoxy) is 2. The molecule has 1 aromatic carbocycles. The third-order valence-electron chi connectivity index (χ3n) is 2.58. The number of sulfone groups is 1. The highest BCUT2D eigenvalue weighted by Crippen LogP contribution is 2.32. The zero-order chi connectivity index (χ0) is 15.9. The van der Waals surface area contributed by atoms with Crippen LogP contribution in [0.3, 0.4) is 0 Å². The van der Waals surface area contributed by atoms with E-state index >= 15 is 0 Å². The van der Waals surface area contributed by atoms with Crippen molar-refractivity contribution in [3.05, 3.63) is 27.7 Å². The Morgan fingerprint density at radius 3 is 2.57 bits per heavy atom. The predicted molar refractivity (Wildman–Crippen MR) is 85.3 cm³/mol. The second-order valence-corrected chi connectivity index (χ2v) is 7.63. The average Bonchev–Trinajstić information content (AvgIpc) is 2.36. The molecule has 0 saturated carbocycles. The van der Waals surface area contributed by atoms with E-state index in [1.165, 1.54) is 0 Å². The first-order chi connectivity index (χ1) is 9.83. The minimum Gasteiger partial charge on any atom is -0.491 e. The Balaban J connectivity index is 2.75. The largest absolute Gasteiger partial charge is 0.491 e. The molecule has 0 bridgehead atoms. The fraction of sp³-hybridized carbons (Fsp3) is 0.538. The average molecular weight is 356 g/mol. The molecule has 0 heterocycles. The van der Waals surface area contributed by atoms with Gasteiger partial charge < -0.3 is 14.8 Å². The summed E-state index contributed by atoms with van der Waals surface area (Å²) in [4.78, 5) is 0. The van der Waals surface area contributed by atoms with Crippen molar-refractivity contribution >= 4 is 33.0 Å². The Morgan fingerprint density at radius 1 is 1.24 bits per heavy atom. The van der Waals surface area contributed by atoms with E-state index in [2.05, 4.69) is 5.32 Å². The summed E-state index contributed by atoms with van der Waals surface area (Å²) < 4.78 is 32.7. The van der Waals surface area contributed by atoms with Crippen LogP contribution in [0, 0.1) is 0 Å². The Bertz CT molecular complexity index is 564. The van der Waals surface area contributed by atoms with Gasteiger partial charge in [-0.1, -0.05) is 23.2 Å². The van der Waals surface area contributed by atoms with Crippen molar-refractivity contribution in [2.45, 2.75) is 6.54 Å². The lowest BCUT2D eigenvalue weighted by Gasteiger charge is -2.14. The Kier molecular flexibility index (Phi) is 7.76. The van der Waals surface area contributed by atoms with Gasteiger partial charge in [0.05, 0.1) is 17.4 Å². The molecule has 0 spiro atoms. The summed E-state index contributed by atoms with van der Waals surface area (Å²) in [5.41, 5.74) is 0.775. The number of methoxy groups -OCH3 is 1. The lowest BCUT2D eigenvalue weighted by molar-refractivity contribution is 0.199. The molecule has 0 saturated heterocycles. The van der Waals surface area contributed by atoms with Gasteiger partial charge in [-0.2, -0.15) is 0 Å². The van der Waals surface area contributed by atoms with E-state index in [4.69, 9.17) is 32.7 Å². The second kappa shape index (κ2) is 8.80. The van der Waals surface area contributed by atoms with E-state index in [0.29, 0.717) is 35.5 Å². The van der Waals surface area contributed by atoms with Crippen LogP contribution in [-0.4, -0.2) is 47.3 Å². The first kappa shape index (κ1) is 18.5. The summed E-state index contributed by atoms with van der Waals surface area (Å²) in [5, 5.41) is 4.02. The zero-order valence-corrected chi connectivity index (χ0v) is 14.3. The molecule has 0 atom stereocenters. The molecule has 120 valence electrons. The minimum atomic E-state index is -3.08. The van der Waals surface area contributed by atoms with Crippen LogP contribution in [0.1, 0.15) is 5.56 Å². The summed E-state index contributed by atoms with van der Waals surface area (Å²) >= 11 is 12.1. The third-order valence-corrected chi connectivity index (χ3v) is 3.99. The number of halogens is 2. The van der Waals surface area contributed by atoms with Gasteiger partial charge in [-0.3, -0.25) is 0 Å². The van der Waals surface area contributed by atoms with Gasteiger partial charge in [0, 0.05) is 37.0 Å². The van der Waals surface area contributed by atoms with Crippen molar-refractivity contribution in [3.8, 4) is 5.75 Å². The molecule has 21 heavy (non-hydrogen) atoms. The predicted octanol–water partition coefficient (Wildman–Crippen LogP) is 2.15. The van der Waals surface area contributed by atoms with Crippen molar-refractivity contribution in [2.75, 3.05) is 38.9 Å². The van der Waals surface area contributed by atoms with E-state index in [1.807, 2.05) is 0 Å². The number of hydrogen-bond acceptors (Lipinski definition) is 5. The van der Waals surface area contributed by atoms with Crippen molar-refractivity contribution < 1.29 is 17.9 Å². The molecular weight excluding hydrogens is 337 g/mol. The summed E-state index contributed by atoms with van der Waals surface area (Å²) in [6, 6.07) is 3.31. The quantitative estimate of drug-likeness (QED) is 0.687. The Morgan fingerprint density at radius 2 is 1.95 bits per heavy atom. The molecule has 0 fully saturated rings. The molecule has 5 nitrogen and oxygen atoms in total. The number of rotatable bonds is 9. The zero-order valence-electron chi connectivity index (χ0n) is 12.0. The van der Waals surface area contributed by atoms with Gasteiger partial charge >= 0.3 is 0 Å². The van der Waals surface area contributed by atoms with Crippen molar-refractivity contribution in [1.29, 1.82) is 0 Å². The molecule has 0 aliphatic heterocycles. The van der Waals surface area contributed by atoms with E-state index in [0.717, 1.165) is 11.8 Å². The highest BCUT2D eigenvalue weighted by atomic mass is 35.5. The maximum atomic E-state index is 11.1. The Hall–Kier alpha value is -0.530. The molecule has 0 unspecified atom stereocenters. The third kappa shape index (κ3) is 7.33. The summed E-state index contributed by atoms with van der Waals surface area (Å²) in [5.74, 6) is 0.386. The van der Waals surface area contributed by atoms with Gasteiger partial charge in [0.25, 0.3) is 0 Å². The smallest absolute Gasteiger partial charge is 0.150 e. The number of nitrogens with one attached hydrogen (secondary N) is 1. The van der Waals surface area contributed by atoms with E-state index in [1.54, 1.807) is 19.2 Å². The van der Waals surface area contributed by atoms with E-state index in [-0.39, 0.29) is 12.4 Å². The van der Waals surface area contributed by atoms with Gasteiger partial charge in [0.2, 0.25) is 0 Å². The lowest BCUT2D eigenvalue weighted by Crippen LogP contribution is -2.19. The van der Waals surface area contributed by atoms with Crippen LogP contribution in [0.25, 0.3) is 0 Å². The van der Waals surface area contributed by atoms with Gasteiger partial charge in [-0.05, 0) is 12.1 Å². The number of benzene rings is 1. The minimum absolute atomic E-state index is 0.0469. The van der Waals surface area contributed by atoms with Crippen LogP contribution in [0.5, 0.6) is 5.75 Å². The normalized spacial score (nSPS) is 11.6. The van der Waals surface area contributed by atoms with Gasteiger partial charge in [0.1, 0.15) is 12.4 Å². The van der Waals surface area contributed by atoms with Crippen LogP contribution < -0.4 is 10.1 Å². The first-order valence-electron chi connectivity index (χ1n) is 6.31. The SMILES string of the molecule is COCCNCc1cc(Cl)cc(Cl)c1OCCS(C)(=O)=O. The van der Waals surface area contributed by atoms with Crippen molar-refractivity contribution in [3.63, 3.8) is 0 Å². The topological polar surface area (TPSA) is 64.6 Å². The standard InChI is InChI=1S/C13H19Cl2NO4S/c1-19-4-3-16-9-10-7-11(14)8-12(15)13(10)20-5-6-21(2,17)18/h7-8,16H,3-6,9H2,1-2H3. The summed E-state index contributed by atoms with van der Waals surface area (Å²) in [7, 11) is -1.46. The van der Waals surface area contributed by atoms with Crippen LogP contribution in [-0.2, 0) is 21.1 Å². The highest BCUT2D eigenvalue weighted by molar-refractivity contribution is 7.90. The maximum absolute atomic E-state index is 11.1. The molecule has 1 N–H and O–H groups in total. The van der Waals surface area contributed by atoms with E-state index < -0.39 is 9.84 Å². The highest BCUT2D eigenvalue weighted by Gasteiger charge is 2.12. The molecule has 0 aliphatic rings. The number of hydrogen-bond donors (Lipinski definition) is 1. The molecule has 0 aromatic heterocycles. The van der Waals surface area contributed by atoms with Gasteiger partial charge in [-0.25, -0.2) is 8.42 Å². The fourth-order valence-electron chi connectivity index (χ4n) is 1.60. The van der Waals surface area contributed by atoms with E-state index in [9.17, 15) is 8.42 Å². The fourth-order valence-corrected chi connectivity index (χ4v) is 2.58. The van der Waals surface area contributed by atoms with Crippen LogP contribution in [0.15, 0.2) is 12.1 Å². The lowest BCUT2D eigenvalue weighted by atomic mass is 10.2. The van der Waals surface area contributed by atoms with Crippen LogP contribution in [0.4, 0.5) is 0 Å². The molecule has 1 rings (SSSR count). The Labute approximate surface area is 135 Å². The second-order valence-electron chi connectivity index (χ2n) is 4.52. The summed E-state index contributed by atoms with van der Waals surface area (Å²) in [6.07, 6.45) is 1.16. The van der Waals surface area contributed by atoms with Gasteiger partial charge in [-0.15, -0.1) is 0 Å². The monoisotopic (exact) mass is 355 g/mol. The first-order valence-corrected chi connectivity index (χ1v) is 9.13. The molecule has 1 aromatic rings. The van der Waals surface area contributed by atoms with Gasteiger partial charge in [0.15, 0.2) is 9.84 Å². The van der Waals surface area contributed by atoms with Crippen LogP contribution in [0.2, 0.25) is 10.0 Å². The van der Waals surface area contributed by atoms with Crippen molar-refractivity contribution in [2.24, 2.45) is 0 Å². The maximum Gasteiger partial charge on any atom is 0.150 e. The van der Waals surface area contributed by atoms with Crippen LogP contribution >= 0.6 is 23.2 Å². The molecule has 0 amide bonds. The molecule has 8 heteroatoms. The van der Waals surface area contributed by atoms with Crippen molar-refractivity contribution in [1.82, 2.24) is 5.32 Å². The molecular formula is C13H19Cl2NO4S. The molecule has 0 radical (unpaired) electrons.